The zero-order valence-corrected chi connectivity index (χ0v) is 34.0. The van der Waals surface area contributed by atoms with Gasteiger partial charge in [-0.3, -0.25) is 0 Å². The second-order valence-corrected chi connectivity index (χ2v) is 16.1. The van der Waals surface area contributed by atoms with E-state index in [1.54, 1.807) is 0 Å². The van der Waals surface area contributed by atoms with Gasteiger partial charge in [0.1, 0.15) is 0 Å². The Balaban J connectivity index is 0.997. The van der Waals surface area contributed by atoms with Gasteiger partial charge in [0.15, 0.2) is 0 Å². The Morgan fingerprint density at radius 3 is 1.44 bits per heavy atom. The van der Waals surface area contributed by atoms with E-state index in [9.17, 15) is 0 Å². The van der Waals surface area contributed by atoms with Gasteiger partial charge in [0.05, 0.1) is 16.7 Å². The summed E-state index contributed by atoms with van der Waals surface area (Å²) in [4.78, 5) is 2.39. The fourth-order valence-corrected chi connectivity index (χ4v) is 9.69. The van der Waals surface area contributed by atoms with Gasteiger partial charge in [-0.05, 0) is 103 Å². The van der Waals surface area contributed by atoms with Crippen molar-refractivity contribution in [1.29, 1.82) is 0 Å². The van der Waals surface area contributed by atoms with Gasteiger partial charge in [0.2, 0.25) is 0 Å². The van der Waals surface area contributed by atoms with Crippen LogP contribution in [0.4, 0.5) is 17.1 Å². The van der Waals surface area contributed by atoms with Crippen molar-refractivity contribution in [3.8, 4) is 39.1 Å². The number of fused-ring (bicyclic) bond motifs is 7. The van der Waals surface area contributed by atoms with Crippen molar-refractivity contribution in [2.45, 2.75) is 0 Å². The van der Waals surface area contributed by atoms with E-state index in [-0.39, 0.29) is 0 Å². The van der Waals surface area contributed by atoms with Crippen molar-refractivity contribution in [3.05, 3.63) is 243 Å². The van der Waals surface area contributed by atoms with Crippen LogP contribution in [-0.4, -0.2) is 4.57 Å². The zero-order valence-electron chi connectivity index (χ0n) is 34.0. The number of rotatable bonds is 7. The van der Waals surface area contributed by atoms with Crippen molar-refractivity contribution in [2.75, 3.05) is 4.90 Å². The molecular weight excluding hydrogens is 749 g/mol. The summed E-state index contributed by atoms with van der Waals surface area (Å²) in [5, 5.41) is 9.99. The van der Waals surface area contributed by atoms with E-state index >= 15 is 0 Å². The molecule has 62 heavy (non-hydrogen) atoms. The number of benzene rings is 11. The standard InChI is InChI=1S/C60H40N2/c1-4-21-50-41(14-1)17-12-26-52(50)44-30-35-47(36-31-44)61(49-20-11-19-46(40-49)53-27-13-18-42-15-2-5-22-51(42)53)48-37-32-45(33-38-48)54-23-7-9-28-58(54)62-59-29-10-8-25-56(59)57-39-34-43-16-3-6-24-55(43)60(57)62/h1-40H. The van der Waals surface area contributed by atoms with E-state index in [0.29, 0.717) is 0 Å². The number of para-hydroxylation sites is 2. The molecule has 0 bridgehead atoms. The lowest BCUT2D eigenvalue weighted by Crippen LogP contribution is -2.10. The van der Waals surface area contributed by atoms with Gasteiger partial charge in [0.25, 0.3) is 0 Å². The molecular formula is C60H40N2. The summed E-state index contributed by atoms with van der Waals surface area (Å²) in [5.41, 5.74) is 14.0. The highest BCUT2D eigenvalue weighted by atomic mass is 15.1. The largest absolute Gasteiger partial charge is 0.310 e. The predicted octanol–water partition coefficient (Wildman–Crippen LogP) is 16.7. The maximum absolute atomic E-state index is 2.47. The van der Waals surface area contributed by atoms with E-state index in [4.69, 9.17) is 0 Å². The lowest BCUT2D eigenvalue weighted by molar-refractivity contribution is 1.19. The van der Waals surface area contributed by atoms with Crippen LogP contribution in [0.5, 0.6) is 0 Å². The van der Waals surface area contributed by atoms with E-state index in [1.165, 1.54) is 81.9 Å². The monoisotopic (exact) mass is 788 g/mol. The smallest absolute Gasteiger partial charge is 0.0619 e. The Labute approximate surface area is 360 Å². The third kappa shape index (κ3) is 5.96. The zero-order chi connectivity index (χ0) is 41.0. The van der Waals surface area contributed by atoms with Gasteiger partial charge in [0, 0.05) is 38.8 Å². The maximum atomic E-state index is 2.47. The van der Waals surface area contributed by atoms with Crippen LogP contribution in [0.1, 0.15) is 0 Å². The normalized spacial score (nSPS) is 11.5. The molecule has 0 unspecified atom stereocenters. The number of nitrogens with zero attached hydrogens (tertiary/aromatic N) is 2. The molecule has 12 rings (SSSR count). The second-order valence-electron chi connectivity index (χ2n) is 16.1. The predicted molar refractivity (Wildman–Crippen MR) is 264 cm³/mol. The minimum Gasteiger partial charge on any atom is -0.310 e. The lowest BCUT2D eigenvalue weighted by Gasteiger charge is -2.27. The Morgan fingerprint density at radius 1 is 0.274 bits per heavy atom. The molecule has 1 heterocycles. The van der Waals surface area contributed by atoms with Gasteiger partial charge < -0.3 is 9.47 Å². The van der Waals surface area contributed by atoms with Crippen molar-refractivity contribution in [3.63, 3.8) is 0 Å². The van der Waals surface area contributed by atoms with Crippen LogP contribution in [-0.2, 0) is 0 Å². The molecule has 0 fully saturated rings. The number of anilines is 3. The third-order valence-corrected chi connectivity index (χ3v) is 12.6. The highest BCUT2D eigenvalue weighted by Gasteiger charge is 2.19. The molecule has 1 aromatic heterocycles. The average molecular weight is 789 g/mol. The molecule has 0 aliphatic rings. The van der Waals surface area contributed by atoms with Crippen LogP contribution in [0.2, 0.25) is 0 Å². The van der Waals surface area contributed by atoms with Crippen LogP contribution in [0.25, 0.3) is 93.2 Å². The van der Waals surface area contributed by atoms with Gasteiger partial charge >= 0.3 is 0 Å². The molecule has 0 aliphatic carbocycles. The summed E-state index contributed by atoms with van der Waals surface area (Å²) < 4.78 is 2.47. The third-order valence-electron chi connectivity index (χ3n) is 12.6. The summed E-state index contributed by atoms with van der Waals surface area (Å²) >= 11 is 0. The molecule has 0 atom stereocenters. The molecule has 12 aromatic rings. The van der Waals surface area contributed by atoms with Crippen LogP contribution in [0, 0.1) is 0 Å². The first-order chi connectivity index (χ1) is 30.8. The minimum absolute atomic E-state index is 1.09. The highest BCUT2D eigenvalue weighted by molar-refractivity contribution is 6.19. The summed E-state index contributed by atoms with van der Waals surface area (Å²) in [6, 6.07) is 88.4. The first-order valence-corrected chi connectivity index (χ1v) is 21.3. The van der Waals surface area contributed by atoms with Crippen molar-refractivity contribution in [1.82, 2.24) is 4.57 Å². The molecule has 0 radical (unpaired) electrons. The summed E-state index contributed by atoms with van der Waals surface area (Å²) in [6.45, 7) is 0. The van der Waals surface area contributed by atoms with Crippen LogP contribution >= 0.6 is 0 Å². The number of hydrogen-bond acceptors (Lipinski definition) is 1. The fourth-order valence-electron chi connectivity index (χ4n) is 9.69. The molecule has 0 saturated heterocycles. The molecule has 2 heteroatoms. The molecule has 11 aromatic carbocycles. The molecule has 0 amide bonds. The molecule has 0 N–H and O–H groups in total. The highest BCUT2D eigenvalue weighted by Crippen LogP contribution is 2.42. The fraction of sp³-hybridized carbons (Fsp3) is 0. The van der Waals surface area contributed by atoms with Crippen molar-refractivity contribution >= 4 is 71.2 Å². The van der Waals surface area contributed by atoms with Gasteiger partial charge in [-0.1, -0.05) is 194 Å². The second kappa shape index (κ2) is 14.8. The van der Waals surface area contributed by atoms with Crippen molar-refractivity contribution < 1.29 is 0 Å². The van der Waals surface area contributed by atoms with Crippen LogP contribution in [0.15, 0.2) is 243 Å². The summed E-state index contributed by atoms with van der Waals surface area (Å²) in [7, 11) is 0. The summed E-state index contributed by atoms with van der Waals surface area (Å²) in [5.74, 6) is 0. The lowest BCUT2D eigenvalue weighted by atomic mass is 9.97. The molecule has 0 spiro atoms. The molecule has 2 nitrogen and oxygen atoms in total. The SMILES string of the molecule is c1cc(-c2cccc3ccccc23)cc(N(c2ccc(-c3ccccc3-n3c4ccccc4c4ccc5ccccc5c43)cc2)c2ccc(-c3cccc4ccccc34)cc2)c1. The number of hydrogen-bond donors (Lipinski definition) is 0. The molecule has 0 saturated carbocycles. The maximum Gasteiger partial charge on any atom is 0.0619 e. The Hall–Kier alpha value is -8.20. The first-order valence-electron chi connectivity index (χ1n) is 21.3. The van der Waals surface area contributed by atoms with Crippen LogP contribution in [0.3, 0.4) is 0 Å². The van der Waals surface area contributed by atoms with Crippen LogP contribution < -0.4 is 4.90 Å². The quantitative estimate of drug-likeness (QED) is 0.156. The van der Waals surface area contributed by atoms with E-state index in [2.05, 4.69) is 252 Å². The summed E-state index contributed by atoms with van der Waals surface area (Å²) in [6.07, 6.45) is 0. The molecule has 0 aliphatic heterocycles. The Kier molecular flexibility index (Phi) is 8.53. The molecule has 290 valence electrons. The van der Waals surface area contributed by atoms with Gasteiger partial charge in [-0.15, -0.1) is 0 Å². The first kappa shape index (κ1) is 35.7. The Bertz CT molecular complexity index is 3620. The Morgan fingerprint density at radius 2 is 0.758 bits per heavy atom. The van der Waals surface area contributed by atoms with Gasteiger partial charge in [-0.2, -0.15) is 0 Å². The number of aromatic nitrogens is 1. The van der Waals surface area contributed by atoms with Gasteiger partial charge in [-0.25, -0.2) is 0 Å². The topological polar surface area (TPSA) is 8.17 Å². The van der Waals surface area contributed by atoms with E-state index in [0.717, 1.165) is 28.3 Å². The minimum atomic E-state index is 1.09. The van der Waals surface area contributed by atoms with Crippen molar-refractivity contribution in [2.24, 2.45) is 0 Å². The van der Waals surface area contributed by atoms with E-state index in [1.807, 2.05) is 0 Å². The average Bonchev–Trinajstić information content (AvgIpc) is 3.69. The van der Waals surface area contributed by atoms with E-state index < -0.39 is 0 Å².